The molecular formula is C17H27F3O2. The molecule has 1 saturated carbocycles. The second kappa shape index (κ2) is 6.63. The Morgan fingerprint density at radius 1 is 1.14 bits per heavy atom. The van der Waals surface area contributed by atoms with E-state index in [0.29, 0.717) is 19.3 Å². The topological polar surface area (TPSA) is 37.3 Å². The maximum Gasteiger partial charge on any atom is 0.390 e. The van der Waals surface area contributed by atoms with Gasteiger partial charge in [0, 0.05) is 16.4 Å². The van der Waals surface area contributed by atoms with E-state index in [-0.39, 0.29) is 24.2 Å². The monoisotopic (exact) mass is 320 g/mol. The van der Waals surface area contributed by atoms with Gasteiger partial charge in [-0.3, -0.25) is 4.79 Å². The summed E-state index contributed by atoms with van der Waals surface area (Å²) in [7, 11) is 0. The highest BCUT2D eigenvalue weighted by Gasteiger charge is 2.48. The summed E-state index contributed by atoms with van der Waals surface area (Å²) in [4.78, 5) is 12.8. The lowest BCUT2D eigenvalue weighted by atomic mass is 9.66. The van der Waals surface area contributed by atoms with Crippen molar-refractivity contribution in [1.82, 2.24) is 0 Å². The Morgan fingerprint density at radius 2 is 1.64 bits per heavy atom. The maximum atomic E-state index is 13.0. The Balaban J connectivity index is 3.20. The lowest BCUT2D eigenvalue weighted by Crippen LogP contribution is -2.39. The van der Waals surface area contributed by atoms with Crippen LogP contribution in [-0.2, 0) is 4.79 Å². The van der Waals surface area contributed by atoms with Crippen LogP contribution in [0, 0.1) is 10.8 Å². The fourth-order valence-corrected chi connectivity index (χ4v) is 3.28. The van der Waals surface area contributed by atoms with Gasteiger partial charge >= 0.3 is 6.18 Å². The molecule has 0 spiro atoms. The number of aliphatic hydroxyl groups is 1. The lowest BCUT2D eigenvalue weighted by molar-refractivity contribution is -0.169. The Bertz CT molecular complexity index is 441. The van der Waals surface area contributed by atoms with Gasteiger partial charge in [0.05, 0.1) is 6.42 Å². The number of carbonyl (C=O) groups excluding carboxylic acids is 1. The molecule has 0 aliphatic heterocycles. The molecule has 0 unspecified atom stereocenters. The largest absolute Gasteiger partial charge is 0.511 e. The highest BCUT2D eigenvalue weighted by atomic mass is 19.4. The number of rotatable bonds is 5. The van der Waals surface area contributed by atoms with Crippen molar-refractivity contribution in [2.75, 3.05) is 0 Å². The Labute approximate surface area is 130 Å². The first-order valence-corrected chi connectivity index (χ1v) is 7.97. The minimum atomic E-state index is -4.37. The van der Waals surface area contributed by atoms with Crippen LogP contribution in [0.2, 0.25) is 0 Å². The van der Waals surface area contributed by atoms with Gasteiger partial charge in [0.15, 0.2) is 5.78 Å². The van der Waals surface area contributed by atoms with Crippen LogP contribution in [0.25, 0.3) is 0 Å². The summed E-state index contributed by atoms with van der Waals surface area (Å²) in [6.45, 7) is 6.91. The van der Waals surface area contributed by atoms with Crippen molar-refractivity contribution in [3.8, 4) is 0 Å². The van der Waals surface area contributed by atoms with Crippen LogP contribution in [0.15, 0.2) is 11.3 Å². The highest BCUT2D eigenvalue weighted by molar-refractivity contribution is 6.00. The van der Waals surface area contributed by atoms with Crippen LogP contribution in [0.5, 0.6) is 0 Å². The number of Topliss-reactive ketones (excluding diaryl/α,β-unsaturated/α-hetero) is 1. The molecule has 0 aromatic rings. The number of carbonyl (C=O) groups is 1. The maximum absolute atomic E-state index is 13.0. The normalized spacial score (nSPS) is 20.5. The van der Waals surface area contributed by atoms with Gasteiger partial charge in [0.2, 0.25) is 0 Å². The van der Waals surface area contributed by atoms with Gasteiger partial charge in [-0.05, 0) is 26.2 Å². The number of alkyl halides is 3. The second-order valence-electron chi connectivity index (χ2n) is 7.17. The molecule has 1 aliphatic carbocycles. The summed E-state index contributed by atoms with van der Waals surface area (Å²) in [5, 5.41) is 10.3. The molecule has 0 bridgehead atoms. The number of allylic oxidation sites excluding steroid dienone is 2. The SMILES string of the molecule is CCC(C)(C)/C(O)=C(\C)C(=O)C1(CC(F)(F)F)CCCCC1. The molecule has 1 fully saturated rings. The third-order valence-corrected chi connectivity index (χ3v) is 5.05. The summed E-state index contributed by atoms with van der Waals surface area (Å²) in [5.41, 5.74) is -1.90. The van der Waals surface area contributed by atoms with E-state index >= 15 is 0 Å². The van der Waals surface area contributed by atoms with Crippen molar-refractivity contribution in [3.63, 3.8) is 0 Å². The average Bonchev–Trinajstić information content (AvgIpc) is 2.44. The highest BCUT2D eigenvalue weighted by Crippen LogP contribution is 2.47. The summed E-state index contributed by atoms with van der Waals surface area (Å²) in [6, 6.07) is 0. The van der Waals surface area contributed by atoms with E-state index in [4.69, 9.17) is 0 Å². The molecule has 22 heavy (non-hydrogen) atoms. The van der Waals surface area contributed by atoms with E-state index in [0.717, 1.165) is 6.42 Å². The van der Waals surface area contributed by atoms with Gasteiger partial charge in [-0.25, -0.2) is 0 Å². The average molecular weight is 320 g/mol. The van der Waals surface area contributed by atoms with Crippen molar-refractivity contribution in [3.05, 3.63) is 11.3 Å². The minimum Gasteiger partial charge on any atom is -0.511 e. The van der Waals surface area contributed by atoms with Gasteiger partial charge in [-0.15, -0.1) is 0 Å². The Hall–Kier alpha value is -1.00. The summed E-state index contributed by atoms with van der Waals surface area (Å²) < 4.78 is 38.9. The van der Waals surface area contributed by atoms with Crippen LogP contribution in [0.3, 0.4) is 0 Å². The number of aliphatic hydroxyl groups excluding tert-OH is 1. The Morgan fingerprint density at radius 3 is 2.05 bits per heavy atom. The van der Waals surface area contributed by atoms with Crippen molar-refractivity contribution >= 4 is 5.78 Å². The molecule has 0 heterocycles. The molecule has 0 aromatic heterocycles. The molecule has 0 amide bonds. The molecule has 0 aromatic carbocycles. The van der Waals surface area contributed by atoms with E-state index in [2.05, 4.69) is 0 Å². The molecule has 1 N–H and O–H groups in total. The fraction of sp³-hybridized carbons (Fsp3) is 0.824. The van der Waals surface area contributed by atoms with Gasteiger partial charge in [-0.1, -0.05) is 40.0 Å². The summed E-state index contributed by atoms with van der Waals surface area (Å²) in [6.07, 6.45) is -2.22. The standard InChI is InChI=1S/C17H27F3O2/c1-5-15(3,4)13(21)12(2)14(22)16(11-17(18,19)20)9-7-6-8-10-16/h21H,5-11H2,1-4H3/b13-12-. The summed E-state index contributed by atoms with van der Waals surface area (Å²) in [5.74, 6) is -0.601. The number of ketones is 1. The van der Waals surface area contributed by atoms with E-state index < -0.39 is 29.2 Å². The molecule has 1 rings (SSSR count). The van der Waals surface area contributed by atoms with Crippen LogP contribution in [0.1, 0.15) is 72.6 Å². The van der Waals surface area contributed by atoms with Gasteiger partial charge in [0.25, 0.3) is 0 Å². The smallest absolute Gasteiger partial charge is 0.390 e. The van der Waals surface area contributed by atoms with Crippen molar-refractivity contribution in [1.29, 1.82) is 0 Å². The number of halogens is 3. The van der Waals surface area contributed by atoms with E-state index in [1.165, 1.54) is 6.92 Å². The first kappa shape index (κ1) is 19.0. The van der Waals surface area contributed by atoms with Crippen LogP contribution in [-0.4, -0.2) is 17.1 Å². The molecule has 128 valence electrons. The van der Waals surface area contributed by atoms with Gasteiger partial charge in [-0.2, -0.15) is 13.2 Å². The van der Waals surface area contributed by atoms with Crippen LogP contribution < -0.4 is 0 Å². The van der Waals surface area contributed by atoms with Crippen molar-refractivity contribution < 1.29 is 23.1 Å². The van der Waals surface area contributed by atoms with Crippen molar-refractivity contribution in [2.45, 2.75) is 78.8 Å². The first-order valence-electron chi connectivity index (χ1n) is 7.97. The first-order chi connectivity index (χ1) is 9.95. The minimum absolute atomic E-state index is 0.0767. The Kier molecular flexibility index (Phi) is 5.74. The van der Waals surface area contributed by atoms with Crippen LogP contribution >= 0.6 is 0 Å². The molecular weight excluding hydrogens is 293 g/mol. The van der Waals surface area contributed by atoms with Gasteiger partial charge in [0.1, 0.15) is 5.76 Å². The number of hydrogen-bond acceptors (Lipinski definition) is 2. The fourth-order valence-electron chi connectivity index (χ4n) is 3.28. The predicted octanol–water partition coefficient (Wildman–Crippen LogP) is 5.73. The third kappa shape index (κ3) is 4.26. The zero-order valence-electron chi connectivity index (χ0n) is 13.9. The molecule has 0 atom stereocenters. The van der Waals surface area contributed by atoms with Crippen LogP contribution in [0.4, 0.5) is 13.2 Å². The van der Waals surface area contributed by atoms with Gasteiger partial charge < -0.3 is 5.11 Å². The van der Waals surface area contributed by atoms with E-state index in [1.807, 2.05) is 6.92 Å². The quantitative estimate of drug-likeness (QED) is 0.519. The van der Waals surface area contributed by atoms with E-state index in [9.17, 15) is 23.1 Å². The van der Waals surface area contributed by atoms with Crippen molar-refractivity contribution in [2.24, 2.45) is 10.8 Å². The molecule has 0 radical (unpaired) electrons. The molecule has 1 aliphatic rings. The summed E-state index contributed by atoms with van der Waals surface area (Å²) >= 11 is 0. The molecule has 2 nitrogen and oxygen atoms in total. The third-order valence-electron chi connectivity index (χ3n) is 5.05. The zero-order chi connectivity index (χ0) is 17.2. The number of hydrogen-bond donors (Lipinski definition) is 1. The zero-order valence-corrected chi connectivity index (χ0v) is 13.9. The predicted molar refractivity (Wildman–Crippen MR) is 80.6 cm³/mol. The molecule has 5 heteroatoms. The second-order valence-corrected chi connectivity index (χ2v) is 7.17. The molecule has 0 saturated heterocycles. The lowest BCUT2D eigenvalue weighted by Gasteiger charge is -2.37. The van der Waals surface area contributed by atoms with E-state index in [1.54, 1.807) is 13.8 Å².